The Morgan fingerprint density at radius 1 is 1.19 bits per heavy atom. The Labute approximate surface area is 142 Å². The van der Waals surface area contributed by atoms with E-state index in [0.29, 0.717) is 16.3 Å². The summed E-state index contributed by atoms with van der Waals surface area (Å²) in [5.41, 5.74) is 1.74. The zero-order valence-corrected chi connectivity index (χ0v) is 15.6. The highest BCUT2D eigenvalue weighted by molar-refractivity contribution is 9.09. The van der Waals surface area contributed by atoms with E-state index >= 15 is 0 Å². The number of halogens is 2. The summed E-state index contributed by atoms with van der Waals surface area (Å²) >= 11 is 7.30. The van der Waals surface area contributed by atoms with Crippen molar-refractivity contribution < 1.29 is 4.42 Å². The molecule has 0 aliphatic carbocycles. The van der Waals surface area contributed by atoms with E-state index in [1.54, 1.807) is 6.07 Å². The van der Waals surface area contributed by atoms with Crippen LogP contribution in [0.15, 0.2) is 33.5 Å². The number of hydrogen-bond acceptors (Lipinski definition) is 2. The molecule has 0 aliphatic heterocycles. The van der Waals surface area contributed by atoms with Crippen molar-refractivity contribution in [3.63, 3.8) is 0 Å². The molecule has 2 aromatic rings. The van der Waals surface area contributed by atoms with Crippen molar-refractivity contribution in [3.05, 3.63) is 45.8 Å². The average molecular weight is 416 g/mol. The second-order valence-electron chi connectivity index (χ2n) is 5.37. The Balaban J connectivity index is 2.67. The third-order valence-corrected chi connectivity index (χ3v) is 5.50. The molecule has 0 unspecified atom stereocenters. The summed E-state index contributed by atoms with van der Waals surface area (Å²) in [6, 6.07) is 7.36. The van der Waals surface area contributed by atoms with Crippen LogP contribution in [0.5, 0.6) is 0 Å². The van der Waals surface area contributed by atoms with E-state index in [-0.39, 0.29) is 9.75 Å². The molecule has 4 heteroatoms. The number of para-hydroxylation sites is 1. The summed E-state index contributed by atoms with van der Waals surface area (Å²) in [6.07, 6.45) is 3.97. The van der Waals surface area contributed by atoms with Crippen LogP contribution in [0.3, 0.4) is 0 Å². The minimum absolute atomic E-state index is 0.0325. The van der Waals surface area contributed by atoms with E-state index in [1.165, 1.54) is 0 Å². The lowest BCUT2D eigenvalue weighted by Crippen LogP contribution is -2.20. The predicted octanol–water partition coefficient (Wildman–Crippen LogP) is 5.88. The summed E-state index contributed by atoms with van der Waals surface area (Å²) in [7, 11) is 0. The first-order valence-corrected chi connectivity index (χ1v) is 9.28. The number of rotatable bonds is 6. The molecule has 0 N–H and O–H groups in total. The summed E-state index contributed by atoms with van der Waals surface area (Å²) < 4.78 is 5.91. The largest absolute Gasteiger partial charge is 0.459 e. The molecule has 2 nitrogen and oxygen atoms in total. The molecule has 1 aromatic heterocycles. The van der Waals surface area contributed by atoms with Crippen LogP contribution in [-0.4, -0.2) is 0 Å². The minimum Gasteiger partial charge on any atom is -0.459 e. The zero-order chi connectivity index (χ0) is 15.5. The summed E-state index contributed by atoms with van der Waals surface area (Å²) in [6.45, 7) is 4.30. The van der Waals surface area contributed by atoms with Gasteiger partial charge < -0.3 is 4.42 Å². The molecule has 0 radical (unpaired) electrons. The molecule has 0 amide bonds. The predicted molar refractivity (Wildman–Crippen MR) is 95.5 cm³/mol. The van der Waals surface area contributed by atoms with Crippen molar-refractivity contribution in [1.82, 2.24) is 0 Å². The van der Waals surface area contributed by atoms with Crippen LogP contribution < -0.4 is 5.43 Å². The maximum Gasteiger partial charge on any atom is 0.193 e. The molecule has 0 spiro atoms. The van der Waals surface area contributed by atoms with Gasteiger partial charge in [0.05, 0.1) is 9.71 Å². The van der Waals surface area contributed by atoms with Crippen LogP contribution in [0.25, 0.3) is 11.0 Å². The third-order valence-electron chi connectivity index (χ3n) is 3.71. The standard InChI is InChI=1S/C17H20Br2O2/c1-3-8-17(19,9-4-2)15-10-14(20)13-7-5-6-12(11-18)16(13)21-15/h5-7,10H,3-4,8-9,11H2,1-2H3. The van der Waals surface area contributed by atoms with Gasteiger partial charge in [-0.2, -0.15) is 0 Å². The second kappa shape index (κ2) is 7.10. The van der Waals surface area contributed by atoms with E-state index in [2.05, 4.69) is 45.7 Å². The Morgan fingerprint density at radius 3 is 2.43 bits per heavy atom. The molecule has 114 valence electrons. The fourth-order valence-corrected chi connectivity index (χ4v) is 4.16. The van der Waals surface area contributed by atoms with Gasteiger partial charge in [0.15, 0.2) is 5.43 Å². The van der Waals surface area contributed by atoms with Gasteiger partial charge in [-0.15, -0.1) is 0 Å². The third kappa shape index (κ3) is 3.42. The summed E-state index contributed by atoms with van der Waals surface area (Å²) in [5.74, 6) is 0.747. The first-order chi connectivity index (χ1) is 10.1. The average Bonchev–Trinajstić information content (AvgIpc) is 2.47. The van der Waals surface area contributed by atoms with Crippen molar-refractivity contribution in [2.75, 3.05) is 0 Å². The fourth-order valence-electron chi connectivity index (χ4n) is 2.73. The first kappa shape index (κ1) is 16.8. The highest BCUT2D eigenvalue weighted by Gasteiger charge is 2.31. The van der Waals surface area contributed by atoms with E-state index in [0.717, 1.165) is 37.0 Å². The van der Waals surface area contributed by atoms with Gasteiger partial charge in [-0.3, -0.25) is 4.79 Å². The molecular formula is C17H20Br2O2. The Morgan fingerprint density at radius 2 is 1.86 bits per heavy atom. The lowest BCUT2D eigenvalue weighted by molar-refractivity contribution is 0.410. The van der Waals surface area contributed by atoms with Crippen LogP contribution in [0.4, 0.5) is 0 Å². The molecule has 21 heavy (non-hydrogen) atoms. The molecule has 0 aliphatic rings. The lowest BCUT2D eigenvalue weighted by Gasteiger charge is -2.26. The highest BCUT2D eigenvalue weighted by Crippen LogP contribution is 2.41. The van der Waals surface area contributed by atoms with Crippen LogP contribution in [0, 0.1) is 0 Å². The molecule has 0 fully saturated rings. The van der Waals surface area contributed by atoms with Crippen molar-refractivity contribution in [3.8, 4) is 0 Å². The van der Waals surface area contributed by atoms with Gasteiger partial charge in [-0.05, 0) is 18.9 Å². The molecule has 0 bridgehead atoms. The van der Waals surface area contributed by atoms with Crippen LogP contribution >= 0.6 is 31.9 Å². The molecule has 0 atom stereocenters. The monoisotopic (exact) mass is 414 g/mol. The van der Waals surface area contributed by atoms with Crippen molar-refractivity contribution in [2.24, 2.45) is 0 Å². The van der Waals surface area contributed by atoms with Crippen molar-refractivity contribution >= 4 is 42.8 Å². The van der Waals surface area contributed by atoms with Gasteiger partial charge in [0, 0.05) is 17.0 Å². The van der Waals surface area contributed by atoms with Crippen LogP contribution in [0.1, 0.15) is 50.9 Å². The summed E-state index contributed by atoms with van der Waals surface area (Å²) in [5, 5.41) is 1.33. The molecule has 2 rings (SSSR count). The Kier molecular flexibility index (Phi) is 5.67. The SMILES string of the molecule is CCCC(Br)(CCC)c1cc(=O)c2cccc(CBr)c2o1. The van der Waals surface area contributed by atoms with Gasteiger partial charge in [0.25, 0.3) is 0 Å². The van der Waals surface area contributed by atoms with E-state index in [1.807, 2.05) is 18.2 Å². The van der Waals surface area contributed by atoms with Gasteiger partial charge in [-0.25, -0.2) is 0 Å². The Bertz CT molecular complexity index is 670. The smallest absolute Gasteiger partial charge is 0.193 e. The first-order valence-electron chi connectivity index (χ1n) is 7.36. The van der Waals surface area contributed by atoms with Crippen molar-refractivity contribution in [2.45, 2.75) is 49.2 Å². The second-order valence-corrected chi connectivity index (χ2v) is 7.45. The quantitative estimate of drug-likeness (QED) is 0.551. The fraction of sp³-hybridized carbons (Fsp3) is 0.471. The number of benzene rings is 1. The topological polar surface area (TPSA) is 30.2 Å². The lowest BCUT2D eigenvalue weighted by atomic mass is 9.94. The molecule has 1 aromatic carbocycles. The molecule has 0 saturated carbocycles. The number of fused-ring (bicyclic) bond motifs is 1. The van der Waals surface area contributed by atoms with E-state index < -0.39 is 0 Å². The van der Waals surface area contributed by atoms with Gasteiger partial charge >= 0.3 is 0 Å². The zero-order valence-electron chi connectivity index (χ0n) is 12.4. The summed E-state index contributed by atoms with van der Waals surface area (Å²) in [4.78, 5) is 12.4. The Hall–Kier alpha value is -0.610. The van der Waals surface area contributed by atoms with Crippen molar-refractivity contribution in [1.29, 1.82) is 0 Å². The maximum absolute atomic E-state index is 12.4. The molecule has 0 saturated heterocycles. The number of hydrogen-bond donors (Lipinski definition) is 0. The van der Waals surface area contributed by atoms with E-state index in [9.17, 15) is 4.79 Å². The van der Waals surface area contributed by atoms with E-state index in [4.69, 9.17) is 4.42 Å². The van der Waals surface area contributed by atoms with Crippen LogP contribution in [0.2, 0.25) is 0 Å². The highest BCUT2D eigenvalue weighted by atomic mass is 79.9. The maximum atomic E-state index is 12.4. The molecule has 1 heterocycles. The minimum atomic E-state index is -0.247. The van der Waals surface area contributed by atoms with Gasteiger partial charge in [-0.1, -0.05) is 70.7 Å². The van der Waals surface area contributed by atoms with Gasteiger partial charge in [0.1, 0.15) is 11.3 Å². The number of alkyl halides is 2. The normalized spacial score (nSPS) is 12.0. The molecular weight excluding hydrogens is 396 g/mol. The van der Waals surface area contributed by atoms with Crippen LogP contribution in [-0.2, 0) is 9.65 Å². The van der Waals surface area contributed by atoms with Gasteiger partial charge in [0.2, 0.25) is 0 Å².